The second kappa shape index (κ2) is 7.02. The van der Waals surface area contributed by atoms with Crippen molar-refractivity contribution in [1.29, 1.82) is 0 Å². The fourth-order valence-corrected chi connectivity index (χ4v) is 3.86. The third kappa shape index (κ3) is 3.19. The van der Waals surface area contributed by atoms with Crippen LogP contribution in [-0.4, -0.2) is 5.91 Å². The molecule has 3 nitrogen and oxygen atoms in total. The average molecular weight is 358 g/mol. The first-order valence-corrected chi connectivity index (χ1v) is 9.28. The summed E-state index contributed by atoms with van der Waals surface area (Å²) in [7, 11) is 0. The Labute approximate surface area is 156 Å². The topological polar surface area (TPSA) is 55.1 Å². The smallest absolute Gasteiger partial charge is 0.255 e. The van der Waals surface area contributed by atoms with Crippen molar-refractivity contribution in [3.63, 3.8) is 0 Å². The second-order valence-corrected chi connectivity index (χ2v) is 7.03. The Kier molecular flexibility index (Phi) is 4.42. The number of amides is 1. The predicted octanol–water partition coefficient (Wildman–Crippen LogP) is 5.08. The normalized spacial score (nSPS) is 10.8. The van der Waals surface area contributed by atoms with Crippen molar-refractivity contribution in [3.8, 4) is 11.1 Å². The van der Waals surface area contributed by atoms with E-state index in [1.165, 1.54) is 16.7 Å². The van der Waals surface area contributed by atoms with E-state index >= 15 is 0 Å². The Morgan fingerprint density at radius 2 is 1.65 bits per heavy atom. The molecule has 3 aromatic carbocycles. The van der Waals surface area contributed by atoms with Crippen LogP contribution in [0.3, 0.4) is 0 Å². The number of nitrogens with one attached hydrogen (secondary N) is 1. The van der Waals surface area contributed by atoms with Crippen LogP contribution in [-0.2, 0) is 6.54 Å². The first-order valence-electron chi connectivity index (χ1n) is 8.40. The van der Waals surface area contributed by atoms with Gasteiger partial charge in [0, 0.05) is 17.5 Å². The Hall–Kier alpha value is -3.11. The summed E-state index contributed by atoms with van der Waals surface area (Å²) in [6, 6.07) is 24.3. The lowest BCUT2D eigenvalue weighted by Crippen LogP contribution is -2.23. The molecule has 0 fully saturated rings. The number of rotatable bonds is 4. The molecule has 1 aromatic heterocycles. The molecule has 0 atom stereocenters. The van der Waals surface area contributed by atoms with Crippen molar-refractivity contribution < 1.29 is 4.79 Å². The van der Waals surface area contributed by atoms with Gasteiger partial charge in [-0.1, -0.05) is 66.7 Å². The first kappa shape index (κ1) is 16.4. The molecule has 0 spiro atoms. The van der Waals surface area contributed by atoms with E-state index in [2.05, 4.69) is 29.6 Å². The van der Waals surface area contributed by atoms with E-state index in [4.69, 9.17) is 5.73 Å². The molecule has 0 bridgehead atoms. The third-order valence-electron chi connectivity index (χ3n) is 4.40. The fraction of sp³-hybridized carbons (Fsp3) is 0.0455. The van der Waals surface area contributed by atoms with Crippen molar-refractivity contribution >= 4 is 33.0 Å². The molecule has 0 aliphatic heterocycles. The highest BCUT2D eigenvalue weighted by atomic mass is 32.1. The summed E-state index contributed by atoms with van der Waals surface area (Å²) < 4.78 is 0. The summed E-state index contributed by atoms with van der Waals surface area (Å²) >= 11 is 1.40. The van der Waals surface area contributed by atoms with Crippen LogP contribution in [0.2, 0.25) is 0 Å². The average Bonchev–Trinajstić information content (AvgIpc) is 3.08. The van der Waals surface area contributed by atoms with Gasteiger partial charge in [0.1, 0.15) is 0 Å². The minimum atomic E-state index is -0.143. The van der Waals surface area contributed by atoms with E-state index in [1.54, 1.807) is 0 Å². The lowest BCUT2D eigenvalue weighted by Gasteiger charge is -2.09. The van der Waals surface area contributed by atoms with Crippen LogP contribution in [0.15, 0.2) is 78.2 Å². The number of hydrogen-bond donors (Lipinski definition) is 2. The third-order valence-corrected chi connectivity index (χ3v) is 5.21. The molecule has 0 saturated carbocycles. The number of nitrogen functional groups attached to an aromatic ring is 1. The summed E-state index contributed by atoms with van der Waals surface area (Å²) in [5.74, 6) is -0.143. The quantitative estimate of drug-likeness (QED) is 0.534. The Balaban J connectivity index is 1.64. The van der Waals surface area contributed by atoms with Crippen molar-refractivity contribution in [3.05, 3.63) is 89.3 Å². The van der Waals surface area contributed by atoms with Gasteiger partial charge in [0.05, 0.1) is 10.6 Å². The molecule has 1 heterocycles. The van der Waals surface area contributed by atoms with Gasteiger partial charge >= 0.3 is 0 Å². The van der Waals surface area contributed by atoms with Crippen molar-refractivity contribution in [2.24, 2.45) is 0 Å². The van der Waals surface area contributed by atoms with Crippen LogP contribution in [0.25, 0.3) is 21.9 Å². The number of benzene rings is 3. The molecule has 0 aliphatic carbocycles. The van der Waals surface area contributed by atoms with Crippen LogP contribution in [0.5, 0.6) is 0 Å². The summed E-state index contributed by atoms with van der Waals surface area (Å²) in [4.78, 5) is 12.8. The maximum absolute atomic E-state index is 12.8. The number of thiophene rings is 1. The molecule has 0 radical (unpaired) electrons. The zero-order valence-electron chi connectivity index (χ0n) is 14.1. The highest BCUT2D eigenvalue weighted by molar-refractivity contribution is 7.15. The maximum Gasteiger partial charge on any atom is 0.255 e. The molecule has 1 amide bonds. The zero-order valence-corrected chi connectivity index (χ0v) is 14.9. The molecule has 4 rings (SSSR count). The van der Waals surface area contributed by atoms with Crippen molar-refractivity contribution in [1.82, 2.24) is 5.32 Å². The predicted molar refractivity (Wildman–Crippen MR) is 109 cm³/mol. The fourth-order valence-electron chi connectivity index (χ4n) is 3.04. The number of carbonyl (C=O) groups excluding carboxylic acids is 1. The zero-order chi connectivity index (χ0) is 17.9. The van der Waals surface area contributed by atoms with Gasteiger partial charge in [-0.25, -0.2) is 0 Å². The second-order valence-electron chi connectivity index (χ2n) is 6.12. The van der Waals surface area contributed by atoms with Gasteiger partial charge in [-0.15, -0.1) is 11.3 Å². The standard InChI is InChI=1S/C22H18N2OS/c23-21-20(22(25)24-13-15-6-2-1-3-7-15)19(14-26-21)18-11-10-16-8-4-5-9-17(16)12-18/h1-12,14H,13,23H2,(H,24,25). The summed E-state index contributed by atoms with van der Waals surface area (Å²) in [5, 5.41) is 7.79. The van der Waals surface area contributed by atoms with Gasteiger partial charge < -0.3 is 11.1 Å². The van der Waals surface area contributed by atoms with Gasteiger partial charge in [-0.3, -0.25) is 4.79 Å². The van der Waals surface area contributed by atoms with E-state index in [9.17, 15) is 4.79 Å². The summed E-state index contributed by atoms with van der Waals surface area (Å²) in [5.41, 5.74) is 9.61. The number of carbonyl (C=O) groups is 1. The van der Waals surface area contributed by atoms with Gasteiger partial charge in [-0.2, -0.15) is 0 Å². The first-order chi connectivity index (χ1) is 12.7. The Bertz CT molecular complexity index is 1070. The lowest BCUT2D eigenvalue weighted by atomic mass is 10.00. The number of hydrogen-bond acceptors (Lipinski definition) is 3. The molecule has 4 heteroatoms. The molecule has 3 N–H and O–H groups in total. The maximum atomic E-state index is 12.8. The molecule has 0 aliphatic rings. The monoisotopic (exact) mass is 358 g/mol. The minimum absolute atomic E-state index is 0.143. The van der Waals surface area contributed by atoms with Gasteiger partial charge in [0.2, 0.25) is 0 Å². The largest absolute Gasteiger partial charge is 0.390 e. The van der Waals surface area contributed by atoms with Gasteiger partial charge in [0.15, 0.2) is 0 Å². The van der Waals surface area contributed by atoms with E-state index in [1.807, 2.05) is 53.9 Å². The van der Waals surface area contributed by atoms with Crippen molar-refractivity contribution in [2.75, 3.05) is 5.73 Å². The lowest BCUT2D eigenvalue weighted by molar-refractivity contribution is 0.0953. The Morgan fingerprint density at radius 3 is 2.46 bits per heavy atom. The highest BCUT2D eigenvalue weighted by Crippen LogP contribution is 2.35. The summed E-state index contributed by atoms with van der Waals surface area (Å²) in [6.07, 6.45) is 0. The molecular formula is C22H18N2OS. The molecular weight excluding hydrogens is 340 g/mol. The van der Waals surface area contributed by atoms with Crippen LogP contribution in [0, 0.1) is 0 Å². The highest BCUT2D eigenvalue weighted by Gasteiger charge is 2.18. The van der Waals surface area contributed by atoms with E-state index in [0.717, 1.165) is 22.1 Å². The van der Waals surface area contributed by atoms with Crippen LogP contribution >= 0.6 is 11.3 Å². The van der Waals surface area contributed by atoms with E-state index in [-0.39, 0.29) is 5.91 Å². The van der Waals surface area contributed by atoms with Gasteiger partial charge in [0.25, 0.3) is 5.91 Å². The van der Waals surface area contributed by atoms with E-state index in [0.29, 0.717) is 17.1 Å². The van der Waals surface area contributed by atoms with Crippen LogP contribution in [0.1, 0.15) is 15.9 Å². The van der Waals surface area contributed by atoms with Crippen LogP contribution in [0.4, 0.5) is 5.00 Å². The SMILES string of the molecule is Nc1scc(-c2ccc3ccccc3c2)c1C(=O)NCc1ccccc1. The summed E-state index contributed by atoms with van der Waals surface area (Å²) in [6.45, 7) is 0.478. The minimum Gasteiger partial charge on any atom is -0.390 e. The Morgan fingerprint density at radius 1 is 0.923 bits per heavy atom. The van der Waals surface area contributed by atoms with E-state index < -0.39 is 0 Å². The number of anilines is 1. The molecule has 4 aromatic rings. The molecule has 0 saturated heterocycles. The van der Waals surface area contributed by atoms with Crippen LogP contribution < -0.4 is 11.1 Å². The number of fused-ring (bicyclic) bond motifs is 1. The molecule has 128 valence electrons. The molecule has 0 unspecified atom stereocenters. The van der Waals surface area contributed by atoms with Crippen molar-refractivity contribution in [2.45, 2.75) is 6.54 Å². The number of nitrogens with two attached hydrogens (primary N) is 1. The van der Waals surface area contributed by atoms with Gasteiger partial charge in [-0.05, 0) is 28.0 Å². The molecule has 26 heavy (non-hydrogen) atoms.